The van der Waals surface area contributed by atoms with Gasteiger partial charge in [-0.05, 0) is 29.8 Å². The molecule has 0 aliphatic carbocycles. The van der Waals surface area contributed by atoms with Gasteiger partial charge in [-0.15, -0.1) is 0 Å². The van der Waals surface area contributed by atoms with Crippen molar-refractivity contribution in [2.24, 2.45) is 5.10 Å². The van der Waals surface area contributed by atoms with E-state index in [0.29, 0.717) is 6.42 Å². The summed E-state index contributed by atoms with van der Waals surface area (Å²) in [6, 6.07) is 13.5. The van der Waals surface area contributed by atoms with Crippen molar-refractivity contribution in [1.82, 2.24) is 5.43 Å². The van der Waals surface area contributed by atoms with Crippen molar-refractivity contribution in [1.29, 1.82) is 0 Å². The number of benzene rings is 2. The molecule has 2 aromatic carbocycles. The summed E-state index contributed by atoms with van der Waals surface area (Å²) in [5.41, 5.74) is 5.55. The Bertz CT molecular complexity index is 622. The molecular formula is C15H13FN2O. The summed E-state index contributed by atoms with van der Waals surface area (Å²) in [7, 11) is 0. The first kappa shape index (κ1) is 11.7. The van der Waals surface area contributed by atoms with Gasteiger partial charge in [0.2, 0.25) is 0 Å². The number of phenolic OH excluding ortho intramolecular Hbond substituents is 1. The highest BCUT2D eigenvalue weighted by molar-refractivity contribution is 6.03. The SMILES string of the molecule is Oc1ccccc1C1=NN[C@H](c2ccc(F)cc2)C1. The molecule has 1 aliphatic heterocycles. The monoisotopic (exact) mass is 256 g/mol. The molecule has 0 fully saturated rings. The van der Waals surface area contributed by atoms with Gasteiger partial charge in [-0.25, -0.2) is 4.39 Å². The molecule has 1 aliphatic rings. The first-order valence-electron chi connectivity index (χ1n) is 6.10. The van der Waals surface area contributed by atoms with E-state index >= 15 is 0 Å². The number of hydrazone groups is 1. The molecule has 3 rings (SSSR count). The smallest absolute Gasteiger partial charge is 0.124 e. The van der Waals surface area contributed by atoms with Crippen molar-refractivity contribution in [3.8, 4) is 5.75 Å². The Morgan fingerprint density at radius 2 is 1.84 bits per heavy atom. The first-order valence-corrected chi connectivity index (χ1v) is 6.10. The van der Waals surface area contributed by atoms with Gasteiger partial charge in [-0.1, -0.05) is 24.3 Å². The molecule has 0 amide bonds. The summed E-state index contributed by atoms with van der Waals surface area (Å²) in [4.78, 5) is 0. The van der Waals surface area contributed by atoms with E-state index in [4.69, 9.17) is 0 Å². The second-order valence-electron chi connectivity index (χ2n) is 4.51. The number of hydrogen-bond donors (Lipinski definition) is 2. The minimum Gasteiger partial charge on any atom is -0.507 e. The Labute approximate surface area is 110 Å². The minimum absolute atomic E-state index is 0.0233. The lowest BCUT2D eigenvalue weighted by Crippen LogP contribution is -2.09. The maximum absolute atomic E-state index is 12.9. The van der Waals surface area contributed by atoms with Crippen LogP contribution in [-0.2, 0) is 0 Å². The molecule has 0 unspecified atom stereocenters. The van der Waals surface area contributed by atoms with Crippen LogP contribution in [0.2, 0.25) is 0 Å². The highest BCUT2D eigenvalue weighted by Crippen LogP contribution is 2.27. The van der Waals surface area contributed by atoms with E-state index in [1.165, 1.54) is 12.1 Å². The number of phenols is 1. The van der Waals surface area contributed by atoms with Crippen molar-refractivity contribution in [2.75, 3.05) is 0 Å². The largest absolute Gasteiger partial charge is 0.507 e. The lowest BCUT2D eigenvalue weighted by atomic mass is 9.99. The summed E-state index contributed by atoms with van der Waals surface area (Å²) in [5, 5.41) is 14.1. The van der Waals surface area contributed by atoms with Crippen LogP contribution in [0.15, 0.2) is 53.6 Å². The third kappa shape index (κ3) is 2.29. The van der Waals surface area contributed by atoms with Gasteiger partial charge in [-0.3, -0.25) is 0 Å². The Balaban J connectivity index is 1.80. The summed E-state index contributed by atoms with van der Waals surface area (Å²) < 4.78 is 12.9. The molecule has 0 spiro atoms. The minimum atomic E-state index is -0.247. The van der Waals surface area contributed by atoms with Crippen molar-refractivity contribution in [3.05, 3.63) is 65.5 Å². The number of hydrogen-bond acceptors (Lipinski definition) is 3. The molecule has 2 aromatic rings. The highest BCUT2D eigenvalue weighted by atomic mass is 19.1. The molecule has 0 bridgehead atoms. The number of aromatic hydroxyl groups is 1. The van der Waals surface area contributed by atoms with Crippen LogP contribution in [0, 0.1) is 5.82 Å². The van der Waals surface area contributed by atoms with Crippen molar-refractivity contribution >= 4 is 5.71 Å². The third-order valence-corrected chi connectivity index (χ3v) is 3.24. The zero-order valence-electron chi connectivity index (χ0n) is 10.2. The number of halogens is 1. The fourth-order valence-electron chi connectivity index (χ4n) is 2.22. The fourth-order valence-corrected chi connectivity index (χ4v) is 2.22. The van der Waals surface area contributed by atoms with Gasteiger partial charge in [0.1, 0.15) is 11.6 Å². The molecule has 0 radical (unpaired) electrons. The summed E-state index contributed by atoms with van der Waals surface area (Å²) >= 11 is 0. The van der Waals surface area contributed by atoms with Gasteiger partial charge in [0, 0.05) is 12.0 Å². The molecule has 1 heterocycles. The maximum Gasteiger partial charge on any atom is 0.124 e. The predicted molar refractivity (Wildman–Crippen MR) is 71.5 cm³/mol. The van der Waals surface area contributed by atoms with Gasteiger partial charge < -0.3 is 10.5 Å². The molecule has 0 aromatic heterocycles. The van der Waals surface area contributed by atoms with E-state index in [2.05, 4.69) is 10.5 Å². The predicted octanol–water partition coefficient (Wildman–Crippen LogP) is 2.97. The molecule has 19 heavy (non-hydrogen) atoms. The Kier molecular flexibility index (Phi) is 2.91. The summed E-state index contributed by atoms with van der Waals surface area (Å²) in [6.45, 7) is 0. The molecule has 3 nitrogen and oxygen atoms in total. The molecule has 2 N–H and O–H groups in total. The lowest BCUT2D eigenvalue weighted by Gasteiger charge is -2.10. The van der Waals surface area contributed by atoms with Crippen LogP contribution in [0.4, 0.5) is 4.39 Å². The third-order valence-electron chi connectivity index (χ3n) is 3.24. The Morgan fingerprint density at radius 3 is 2.58 bits per heavy atom. The van der Waals surface area contributed by atoms with Crippen LogP contribution in [-0.4, -0.2) is 10.8 Å². The van der Waals surface area contributed by atoms with Crippen LogP contribution in [0.1, 0.15) is 23.6 Å². The van der Waals surface area contributed by atoms with E-state index in [-0.39, 0.29) is 17.6 Å². The quantitative estimate of drug-likeness (QED) is 0.867. The van der Waals surface area contributed by atoms with E-state index in [9.17, 15) is 9.50 Å². The summed E-state index contributed by atoms with van der Waals surface area (Å²) in [6.07, 6.45) is 0.670. The van der Waals surface area contributed by atoms with E-state index in [1.54, 1.807) is 24.3 Å². The number of nitrogens with zero attached hydrogens (tertiary/aromatic N) is 1. The first-order chi connectivity index (χ1) is 9.24. The fraction of sp³-hybridized carbons (Fsp3) is 0.133. The summed E-state index contributed by atoms with van der Waals surface area (Å²) in [5.74, 6) is -0.0219. The van der Waals surface area contributed by atoms with Gasteiger partial charge in [-0.2, -0.15) is 5.10 Å². The number of para-hydroxylation sites is 1. The zero-order chi connectivity index (χ0) is 13.2. The lowest BCUT2D eigenvalue weighted by molar-refractivity contribution is 0.474. The zero-order valence-corrected chi connectivity index (χ0v) is 10.2. The van der Waals surface area contributed by atoms with Crippen LogP contribution < -0.4 is 5.43 Å². The van der Waals surface area contributed by atoms with Crippen LogP contribution >= 0.6 is 0 Å². The van der Waals surface area contributed by atoms with Crippen LogP contribution in [0.25, 0.3) is 0 Å². The van der Waals surface area contributed by atoms with Crippen LogP contribution in [0.5, 0.6) is 5.75 Å². The van der Waals surface area contributed by atoms with Crippen molar-refractivity contribution in [2.45, 2.75) is 12.5 Å². The normalized spacial score (nSPS) is 17.9. The van der Waals surface area contributed by atoms with Crippen molar-refractivity contribution in [3.63, 3.8) is 0 Å². The average molecular weight is 256 g/mol. The van der Waals surface area contributed by atoms with E-state index in [1.807, 2.05) is 12.1 Å². The molecular weight excluding hydrogens is 243 g/mol. The van der Waals surface area contributed by atoms with Gasteiger partial charge in [0.15, 0.2) is 0 Å². The van der Waals surface area contributed by atoms with Gasteiger partial charge >= 0.3 is 0 Å². The van der Waals surface area contributed by atoms with E-state index < -0.39 is 0 Å². The van der Waals surface area contributed by atoms with Gasteiger partial charge in [0.25, 0.3) is 0 Å². The van der Waals surface area contributed by atoms with Gasteiger partial charge in [0.05, 0.1) is 11.8 Å². The topological polar surface area (TPSA) is 44.6 Å². The van der Waals surface area contributed by atoms with Crippen molar-refractivity contribution < 1.29 is 9.50 Å². The Morgan fingerprint density at radius 1 is 1.11 bits per heavy atom. The van der Waals surface area contributed by atoms with E-state index in [0.717, 1.165) is 16.8 Å². The highest BCUT2D eigenvalue weighted by Gasteiger charge is 2.22. The molecule has 0 saturated carbocycles. The van der Waals surface area contributed by atoms with Crippen LogP contribution in [0.3, 0.4) is 0 Å². The molecule has 96 valence electrons. The number of rotatable bonds is 2. The second kappa shape index (κ2) is 4.72. The standard InChI is InChI=1S/C15H13FN2O/c16-11-7-5-10(6-8-11)13-9-14(18-17-13)12-3-1-2-4-15(12)19/h1-8,13,17,19H,9H2/t13-/m0/s1. The molecule has 4 heteroatoms. The maximum atomic E-state index is 12.9. The Hall–Kier alpha value is -2.36. The molecule has 0 saturated heterocycles. The molecule has 1 atom stereocenters. The number of nitrogens with one attached hydrogen (secondary N) is 1. The second-order valence-corrected chi connectivity index (χ2v) is 4.51. The average Bonchev–Trinajstić information content (AvgIpc) is 2.89.